The first kappa shape index (κ1) is 12.1. The number of amides is 1. The van der Waals surface area contributed by atoms with Crippen molar-refractivity contribution >= 4 is 5.91 Å². The number of hydrogen-bond acceptors (Lipinski definition) is 3. The van der Waals surface area contributed by atoms with Crippen molar-refractivity contribution in [2.75, 3.05) is 0 Å². The summed E-state index contributed by atoms with van der Waals surface area (Å²) >= 11 is 0. The molecule has 0 radical (unpaired) electrons. The van der Waals surface area contributed by atoms with Crippen LogP contribution in [0.5, 0.6) is 5.75 Å². The number of aromatic hydroxyl groups is 1. The van der Waals surface area contributed by atoms with Crippen LogP contribution < -0.4 is 5.32 Å². The summed E-state index contributed by atoms with van der Waals surface area (Å²) in [6.45, 7) is 2.25. The van der Waals surface area contributed by atoms with E-state index in [4.69, 9.17) is 0 Å². The molecule has 2 N–H and O–H groups in total. The fourth-order valence-corrected chi connectivity index (χ4v) is 1.55. The maximum absolute atomic E-state index is 11.8. The summed E-state index contributed by atoms with van der Waals surface area (Å²) in [6.07, 6.45) is 1.55. The number of nitrogens with one attached hydrogen (secondary N) is 1. The van der Waals surface area contributed by atoms with Gasteiger partial charge in [0.25, 0.3) is 5.91 Å². The normalized spacial score (nSPS) is 10.1. The van der Waals surface area contributed by atoms with Crippen LogP contribution in [-0.4, -0.2) is 16.0 Å². The zero-order valence-corrected chi connectivity index (χ0v) is 10.1. The minimum atomic E-state index is -0.175. The van der Waals surface area contributed by atoms with Gasteiger partial charge in [0.05, 0.1) is 5.56 Å². The van der Waals surface area contributed by atoms with Crippen molar-refractivity contribution in [1.29, 1.82) is 0 Å². The average Bonchev–Trinajstić information content (AvgIpc) is 2.37. The van der Waals surface area contributed by atoms with Crippen LogP contribution in [0, 0.1) is 6.92 Å². The molecule has 1 aromatic carbocycles. The highest BCUT2D eigenvalue weighted by Gasteiger charge is 2.05. The van der Waals surface area contributed by atoms with E-state index in [0.717, 1.165) is 11.3 Å². The molecule has 4 heteroatoms. The standard InChI is InChI=1S/C14H14N2O2/c1-10-5-6-12(9-15-10)14(18)16-8-11-3-2-4-13(17)7-11/h2-7,9,17H,8H2,1H3,(H,16,18). The number of nitrogens with zero attached hydrogens (tertiary/aromatic N) is 1. The molecule has 92 valence electrons. The molecule has 0 aliphatic heterocycles. The van der Waals surface area contributed by atoms with Crippen LogP contribution in [0.4, 0.5) is 0 Å². The van der Waals surface area contributed by atoms with Crippen LogP contribution in [0.15, 0.2) is 42.6 Å². The van der Waals surface area contributed by atoms with Gasteiger partial charge in [0.2, 0.25) is 0 Å². The highest BCUT2D eigenvalue weighted by atomic mass is 16.3. The molecule has 0 aliphatic carbocycles. The van der Waals surface area contributed by atoms with Crippen molar-refractivity contribution in [3.63, 3.8) is 0 Å². The van der Waals surface area contributed by atoms with Crippen molar-refractivity contribution in [2.24, 2.45) is 0 Å². The molecule has 2 rings (SSSR count). The third kappa shape index (κ3) is 3.07. The minimum Gasteiger partial charge on any atom is -0.508 e. The van der Waals surface area contributed by atoms with Gasteiger partial charge in [-0.25, -0.2) is 0 Å². The first-order chi connectivity index (χ1) is 8.65. The second-order valence-electron chi connectivity index (χ2n) is 4.04. The van der Waals surface area contributed by atoms with E-state index in [9.17, 15) is 9.90 Å². The van der Waals surface area contributed by atoms with Gasteiger partial charge >= 0.3 is 0 Å². The minimum absolute atomic E-state index is 0.175. The first-order valence-electron chi connectivity index (χ1n) is 5.64. The molecule has 18 heavy (non-hydrogen) atoms. The lowest BCUT2D eigenvalue weighted by atomic mass is 10.2. The molecular weight excluding hydrogens is 228 g/mol. The predicted molar refractivity (Wildman–Crippen MR) is 68.3 cm³/mol. The summed E-state index contributed by atoms with van der Waals surface area (Å²) in [5.41, 5.74) is 2.25. The summed E-state index contributed by atoms with van der Waals surface area (Å²) in [5.74, 6) is 0.0181. The van der Waals surface area contributed by atoms with Crippen LogP contribution >= 0.6 is 0 Å². The number of phenols is 1. The molecule has 0 spiro atoms. The Balaban J connectivity index is 1.98. The third-order valence-corrected chi connectivity index (χ3v) is 2.54. The summed E-state index contributed by atoms with van der Waals surface area (Å²) in [4.78, 5) is 15.9. The van der Waals surface area contributed by atoms with Gasteiger partial charge in [-0.1, -0.05) is 12.1 Å². The number of aromatic nitrogens is 1. The molecule has 1 aromatic heterocycles. The zero-order valence-electron chi connectivity index (χ0n) is 10.1. The molecule has 0 atom stereocenters. The number of hydrogen-bond donors (Lipinski definition) is 2. The van der Waals surface area contributed by atoms with E-state index in [-0.39, 0.29) is 11.7 Å². The fourth-order valence-electron chi connectivity index (χ4n) is 1.55. The van der Waals surface area contributed by atoms with Crippen molar-refractivity contribution in [1.82, 2.24) is 10.3 Å². The fraction of sp³-hybridized carbons (Fsp3) is 0.143. The highest BCUT2D eigenvalue weighted by molar-refractivity contribution is 5.93. The quantitative estimate of drug-likeness (QED) is 0.865. The van der Waals surface area contributed by atoms with Gasteiger partial charge in [0, 0.05) is 18.4 Å². The Morgan fingerprint density at radius 1 is 1.33 bits per heavy atom. The number of aryl methyl sites for hydroxylation is 1. The smallest absolute Gasteiger partial charge is 0.253 e. The molecule has 0 bridgehead atoms. The lowest BCUT2D eigenvalue weighted by molar-refractivity contribution is 0.0950. The van der Waals surface area contributed by atoms with Crippen LogP contribution in [0.2, 0.25) is 0 Å². The van der Waals surface area contributed by atoms with Crippen molar-refractivity contribution in [3.8, 4) is 5.75 Å². The number of pyridine rings is 1. The van der Waals surface area contributed by atoms with E-state index >= 15 is 0 Å². The van der Waals surface area contributed by atoms with E-state index in [1.807, 2.05) is 13.0 Å². The van der Waals surface area contributed by atoms with Gasteiger partial charge in [0.15, 0.2) is 0 Å². The number of phenolic OH excluding ortho intramolecular Hbond substituents is 1. The summed E-state index contributed by atoms with van der Waals surface area (Å²) in [6, 6.07) is 10.3. The molecule has 0 saturated heterocycles. The largest absolute Gasteiger partial charge is 0.508 e. The topological polar surface area (TPSA) is 62.2 Å². The molecule has 4 nitrogen and oxygen atoms in total. The molecule has 0 saturated carbocycles. The lowest BCUT2D eigenvalue weighted by Crippen LogP contribution is -2.22. The maximum atomic E-state index is 11.8. The second-order valence-corrected chi connectivity index (χ2v) is 4.04. The highest BCUT2D eigenvalue weighted by Crippen LogP contribution is 2.10. The van der Waals surface area contributed by atoms with E-state index < -0.39 is 0 Å². The molecule has 0 aliphatic rings. The number of rotatable bonds is 3. The Bertz CT molecular complexity index is 550. The van der Waals surface area contributed by atoms with Crippen LogP contribution in [0.3, 0.4) is 0 Å². The van der Waals surface area contributed by atoms with Gasteiger partial charge in [-0.15, -0.1) is 0 Å². The summed E-state index contributed by atoms with van der Waals surface area (Å²) < 4.78 is 0. The molecule has 0 unspecified atom stereocenters. The van der Waals surface area contributed by atoms with E-state index in [1.54, 1.807) is 36.5 Å². The predicted octanol–water partition coefficient (Wildman–Crippen LogP) is 2.03. The van der Waals surface area contributed by atoms with E-state index in [2.05, 4.69) is 10.3 Å². The first-order valence-corrected chi connectivity index (χ1v) is 5.64. The third-order valence-electron chi connectivity index (χ3n) is 2.54. The van der Waals surface area contributed by atoms with Gasteiger partial charge < -0.3 is 10.4 Å². The van der Waals surface area contributed by atoms with Crippen molar-refractivity contribution < 1.29 is 9.90 Å². The number of carbonyl (C=O) groups is 1. The average molecular weight is 242 g/mol. The summed E-state index contributed by atoms with van der Waals surface area (Å²) in [7, 11) is 0. The molecule has 0 fully saturated rings. The van der Waals surface area contributed by atoms with E-state index in [1.165, 1.54) is 0 Å². The number of benzene rings is 1. The Kier molecular flexibility index (Phi) is 3.57. The zero-order chi connectivity index (χ0) is 13.0. The van der Waals surface area contributed by atoms with E-state index in [0.29, 0.717) is 12.1 Å². The van der Waals surface area contributed by atoms with Gasteiger partial charge in [-0.2, -0.15) is 0 Å². The lowest BCUT2D eigenvalue weighted by Gasteiger charge is -2.05. The SMILES string of the molecule is Cc1ccc(C(=O)NCc2cccc(O)c2)cn1. The summed E-state index contributed by atoms with van der Waals surface area (Å²) in [5, 5.41) is 12.1. The van der Waals surface area contributed by atoms with Crippen LogP contribution in [0.25, 0.3) is 0 Å². The Morgan fingerprint density at radius 2 is 2.17 bits per heavy atom. The maximum Gasteiger partial charge on any atom is 0.253 e. The van der Waals surface area contributed by atoms with Crippen molar-refractivity contribution in [2.45, 2.75) is 13.5 Å². The molecule has 1 heterocycles. The second kappa shape index (κ2) is 5.31. The Morgan fingerprint density at radius 3 is 2.83 bits per heavy atom. The van der Waals surface area contributed by atoms with Crippen LogP contribution in [0.1, 0.15) is 21.6 Å². The monoisotopic (exact) mass is 242 g/mol. The number of carbonyl (C=O) groups excluding carboxylic acids is 1. The van der Waals surface area contributed by atoms with Crippen LogP contribution in [-0.2, 0) is 6.54 Å². The Hall–Kier alpha value is -2.36. The van der Waals surface area contributed by atoms with Gasteiger partial charge in [-0.3, -0.25) is 9.78 Å². The molecule has 2 aromatic rings. The van der Waals surface area contributed by atoms with Gasteiger partial charge in [-0.05, 0) is 36.8 Å². The molecule has 1 amide bonds. The Labute approximate surface area is 105 Å². The van der Waals surface area contributed by atoms with Gasteiger partial charge in [0.1, 0.15) is 5.75 Å². The molecular formula is C14H14N2O2. The van der Waals surface area contributed by atoms with Crippen molar-refractivity contribution in [3.05, 3.63) is 59.4 Å².